The first kappa shape index (κ1) is 15.8. The third kappa shape index (κ3) is 4.74. The number of hydrogen-bond donors (Lipinski definition) is 2. The van der Waals surface area contributed by atoms with Crippen LogP contribution in [0.3, 0.4) is 0 Å². The van der Waals surface area contributed by atoms with Crippen LogP contribution in [0.1, 0.15) is 32.6 Å². The molecule has 0 bridgehead atoms. The summed E-state index contributed by atoms with van der Waals surface area (Å²) < 4.78 is 0. The Labute approximate surface area is 130 Å². The number of unbranched alkanes of at least 4 members (excludes halogenated alkanes) is 2. The predicted molar refractivity (Wildman–Crippen MR) is 84.2 cm³/mol. The van der Waals surface area contributed by atoms with Gasteiger partial charge in [0.1, 0.15) is 0 Å². The number of rotatable bonds is 7. The Balaban J connectivity index is 1.74. The lowest BCUT2D eigenvalue weighted by Gasteiger charge is -2.06. The van der Waals surface area contributed by atoms with Crippen molar-refractivity contribution in [2.24, 2.45) is 11.8 Å². The lowest BCUT2D eigenvalue weighted by Crippen LogP contribution is -2.28. The molecule has 0 saturated heterocycles. The van der Waals surface area contributed by atoms with Gasteiger partial charge in [0.2, 0.25) is 11.8 Å². The highest BCUT2D eigenvalue weighted by Crippen LogP contribution is 2.39. The monoisotopic (exact) mass is 308 g/mol. The Kier molecular flexibility index (Phi) is 5.62. The van der Waals surface area contributed by atoms with Crippen LogP contribution in [0.25, 0.3) is 0 Å². The van der Waals surface area contributed by atoms with Gasteiger partial charge in [-0.1, -0.05) is 37.4 Å². The minimum Gasteiger partial charge on any atom is -0.356 e. The van der Waals surface area contributed by atoms with Crippen LogP contribution >= 0.6 is 11.6 Å². The van der Waals surface area contributed by atoms with Crippen LogP contribution in [0.15, 0.2) is 24.3 Å². The average molecular weight is 309 g/mol. The highest BCUT2D eigenvalue weighted by molar-refractivity contribution is 6.30. The van der Waals surface area contributed by atoms with E-state index >= 15 is 0 Å². The number of hydrogen-bond acceptors (Lipinski definition) is 2. The van der Waals surface area contributed by atoms with Gasteiger partial charge in [0.25, 0.3) is 0 Å². The largest absolute Gasteiger partial charge is 0.356 e. The van der Waals surface area contributed by atoms with Crippen LogP contribution in [0.4, 0.5) is 5.69 Å². The molecule has 1 aromatic carbocycles. The Morgan fingerprint density at radius 1 is 1.24 bits per heavy atom. The average Bonchev–Trinajstić information content (AvgIpc) is 3.24. The van der Waals surface area contributed by atoms with Crippen molar-refractivity contribution in [1.82, 2.24) is 5.32 Å². The molecule has 1 aliphatic rings. The van der Waals surface area contributed by atoms with Gasteiger partial charge in [-0.3, -0.25) is 9.59 Å². The highest BCUT2D eigenvalue weighted by Gasteiger charge is 2.47. The molecule has 2 unspecified atom stereocenters. The molecule has 5 heteroatoms. The molecule has 4 nitrogen and oxygen atoms in total. The zero-order valence-electron chi connectivity index (χ0n) is 12.2. The normalized spacial score (nSPS) is 19.9. The van der Waals surface area contributed by atoms with E-state index in [0.717, 1.165) is 19.3 Å². The quantitative estimate of drug-likeness (QED) is 0.760. The molecule has 114 valence electrons. The maximum Gasteiger partial charge on any atom is 0.228 e. The second-order valence-corrected chi connectivity index (χ2v) is 5.88. The molecule has 2 N–H and O–H groups in total. The first-order valence-corrected chi connectivity index (χ1v) is 7.83. The zero-order valence-corrected chi connectivity index (χ0v) is 13.0. The molecule has 21 heavy (non-hydrogen) atoms. The third-order valence-electron chi connectivity index (χ3n) is 3.64. The van der Waals surface area contributed by atoms with E-state index in [1.165, 1.54) is 0 Å². The molecule has 1 saturated carbocycles. The molecule has 1 fully saturated rings. The number of benzene rings is 1. The summed E-state index contributed by atoms with van der Waals surface area (Å²) in [5.41, 5.74) is 0.668. The van der Waals surface area contributed by atoms with Gasteiger partial charge in [0, 0.05) is 17.3 Å². The van der Waals surface area contributed by atoms with Crippen molar-refractivity contribution in [2.75, 3.05) is 11.9 Å². The van der Waals surface area contributed by atoms with Crippen LogP contribution in [0, 0.1) is 11.8 Å². The van der Waals surface area contributed by atoms with Crippen molar-refractivity contribution < 1.29 is 9.59 Å². The van der Waals surface area contributed by atoms with Crippen LogP contribution in [-0.2, 0) is 9.59 Å². The summed E-state index contributed by atoms with van der Waals surface area (Å²) in [6.07, 6.45) is 3.87. The smallest absolute Gasteiger partial charge is 0.228 e. The fourth-order valence-electron chi connectivity index (χ4n) is 2.29. The minimum atomic E-state index is -0.213. The highest BCUT2D eigenvalue weighted by atomic mass is 35.5. The van der Waals surface area contributed by atoms with E-state index < -0.39 is 0 Å². The molecule has 0 radical (unpaired) electrons. The molecular weight excluding hydrogens is 288 g/mol. The van der Waals surface area contributed by atoms with E-state index in [-0.39, 0.29) is 23.7 Å². The van der Waals surface area contributed by atoms with Gasteiger partial charge in [-0.15, -0.1) is 0 Å². The summed E-state index contributed by atoms with van der Waals surface area (Å²) >= 11 is 5.87. The first-order chi connectivity index (χ1) is 10.1. The van der Waals surface area contributed by atoms with Gasteiger partial charge >= 0.3 is 0 Å². The number of nitrogens with one attached hydrogen (secondary N) is 2. The maximum atomic E-state index is 12.0. The molecule has 2 atom stereocenters. The molecule has 2 rings (SSSR count). The summed E-state index contributed by atoms with van der Waals surface area (Å²) in [5.74, 6) is -0.496. The van der Waals surface area contributed by atoms with Gasteiger partial charge in [0.05, 0.1) is 11.8 Å². The number of carbonyl (C=O) groups excluding carboxylic acids is 2. The Hall–Kier alpha value is -1.55. The van der Waals surface area contributed by atoms with Gasteiger partial charge < -0.3 is 10.6 Å². The van der Waals surface area contributed by atoms with Gasteiger partial charge in [-0.2, -0.15) is 0 Å². The lowest BCUT2D eigenvalue weighted by molar-refractivity contribution is -0.125. The summed E-state index contributed by atoms with van der Waals surface area (Å²) in [5, 5.41) is 6.28. The summed E-state index contributed by atoms with van der Waals surface area (Å²) in [6.45, 7) is 2.82. The predicted octanol–water partition coefficient (Wildman–Crippen LogP) is 3.22. The number of halogens is 1. The van der Waals surface area contributed by atoms with Crippen LogP contribution in [0.2, 0.25) is 5.02 Å². The van der Waals surface area contributed by atoms with Crippen molar-refractivity contribution in [1.29, 1.82) is 0 Å². The van der Waals surface area contributed by atoms with Gasteiger partial charge in [-0.05, 0) is 31.0 Å². The van der Waals surface area contributed by atoms with Crippen molar-refractivity contribution in [2.45, 2.75) is 32.6 Å². The van der Waals surface area contributed by atoms with Crippen molar-refractivity contribution in [3.63, 3.8) is 0 Å². The summed E-state index contributed by atoms with van der Waals surface area (Å²) in [6, 6.07) is 7.01. The topological polar surface area (TPSA) is 58.2 Å². The fourth-order valence-corrected chi connectivity index (χ4v) is 2.48. The van der Waals surface area contributed by atoms with Gasteiger partial charge in [-0.25, -0.2) is 0 Å². The first-order valence-electron chi connectivity index (χ1n) is 7.46. The molecule has 0 aliphatic heterocycles. The van der Waals surface area contributed by atoms with E-state index in [0.29, 0.717) is 23.7 Å². The van der Waals surface area contributed by atoms with Gasteiger partial charge in [0.15, 0.2) is 0 Å². The lowest BCUT2D eigenvalue weighted by atomic mass is 10.2. The molecule has 1 aliphatic carbocycles. The SMILES string of the molecule is CCCCCNC(=O)C1CC1C(=O)Nc1cccc(Cl)c1. The van der Waals surface area contributed by atoms with E-state index in [1.807, 2.05) is 0 Å². The van der Waals surface area contributed by atoms with E-state index in [9.17, 15) is 9.59 Å². The molecule has 0 heterocycles. The number of amides is 2. The second kappa shape index (κ2) is 7.46. The second-order valence-electron chi connectivity index (χ2n) is 5.45. The zero-order chi connectivity index (χ0) is 15.2. The molecular formula is C16H21ClN2O2. The molecule has 1 aromatic rings. The van der Waals surface area contributed by atoms with E-state index in [4.69, 9.17) is 11.6 Å². The number of carbonyl (C=O) groups is 2. The standard InChI is InChI=1S/C16H21ClN2O2/c1-2-3-4-8-18-15(20)13-10-14(13)16(21)19-12-7-5-6-11(17)9-12/h5-7,9,13-14H,2-4,8,10H2,1H3,(H,18,20)(H,19,21). The Morgan fingerprint density at radius 2 is 2.00 bits per heavy atom. The van der Waals surface area contributed by atoms with Crippen molar-refractivity contribution >= 4 is 29.1 Å². The van der Waals surface area contributed by atoms with Crippen LogP contribution in [0.5, 0.6) is 0 Å². The van der Waals surface area contributed by atoms with E-state index in [1.54, 1.807) is 24.3 Å². The Bertz CT molecular complexity index is 519. The van der Waals surface area contributed by atoms with E-state index in [2.05, 4.69) is 17.6 Å². The minimum absolute atomic E-state index is 0.00246. The number of anilines is 1. The van der Waals surface area contributed by atoms with Crippen molar-refractivity contribution in [3.05, 3.63) is 29.3 Å². The fraction of sp³-hybridized carbons (Fsp3) is 0.500. The third-order valence-corrected chi connectivity index (χ3v) is 3.87. The summed E-state index contributed by atoms with van der Waals surface area (Å²) in [4.78, 5) is 23.9. The van der Waals surface area contributed by atoms with Crippen molar-refractivity contribution in [3.8, 4) is 0 Å². The van der Waals surface area contributed by atoms with Crippen LogP contribution < -0.4 is 10.6 Å². The molecule has 0 aromatic heterocycles. The Morgan fingerprint density at radius 3 is 2.71 bits per heavy atom. The maximum absolute atomic E-state index is 12.0. The summed E-state index contributed by atoms with van der Waals surface area (Å²) in [7, 11) is 0. The molecule has 0 spiro atoms. The van der Waals surface area contributed by atoms with Crippen LogP contribution in [-0.4, -0.2) is 18.4 Å². The molecule has 2 amide bonds.